The Morgan fingerprint density at radius 2 is 0.662 bits per heavy atom. The molecule has 15 aromatic rings. The van der Waals surface area contributed by atoms with E-state index in [-0.39, 0.29) is 0 Å². The first-order chi connectivity index (χ1) is 36.3. The molecule has 354 valence electrons. The molecule has 0 saturated carbocycles. The van der Waals surface area contributed by atoms with Crippen LogP contribution in [0.5, 0.6) is 0 Å². The molecule has 6 nitrogen and oxygen atoms in total. The second-order valence-corrected chi connectivity index (χ2v) is 20.4. The Morgan fingerprint density at radius 3 is 1.19 bits per heavy atom. The van der Waals surface area contributed by atoms with E-state index < -0.39 is 0 Å². The lowest BCUT2D eigenvalue weighted by atomic mass is 10.0. The number of nitrogens with zero attached hydrogens (tertiary/aromatic N) is 2. The van der Waals surface area contributed by atoms with E-state index in [0.717, 1.165) is 143 Å². The van der Waals surface area contributed by atoms with Crippen LogP contribution in [-0.2, 0) is 0 Å². The van der Waals surface area contributed by atoms with Crippen molar-refractivity contribution in [2.75, 3.05) is 9.80 Å². The van der Waals surface area contributed by atoms with Crippen LogP contribution < -0.4 is 9.80 Å². The Bertz CT molecular complexity index is 4740. The van der Waals surface area contributed by atoms with Gasteiger partial charge in [-0.2, -0.15) is 0 Å². The molecule has 0 unspecified atom stereocenters. The van der Waals surface area contributed by atoms with Crippen LogP contribution >= 0.6 is 0 Å². The summed E-state index contributed by atoms with van der Waals surface area (Å²) in [4.78, 5) is 4.67. The number of benzene rings is 11. The van der Waals surface area contributed by atoms with Gasteiger partial charge < -0.3 is 27.5 Å². The third-order valence-corrected chi connectivity index (χ3v) is 15.4. The van der Waals surface area contributed by atoms with Gasteiger partial charge in [-0.1, -0.05) is 100 Å². The summed E-state index contributed by atoms with van der Waals surface area (Å²) in [5.74, 6) is 0.861. The van der Waals surface area contributed by atoms with E-state index in [2.05, 4.69) is 219 Å². The molecule has 0 aliphatic carbocycles. The van der Waals surface area contributed by atoms with Crippen molar-refractivity contribution in [1.82, 2.24) is 0 Å². The summed E-state index contributed by atoms with van der Waals surface area (Å²) in [5, 5.41) is 12.8. The highest BCUT2D eigenvalue weighted by Crippen LogP contribution is 2.47. The second-order valence-electron chi connectivity index (χ2n) is 20.4. The predicted octanol–water partition coefficient (Wildman–Crippen LogP) is 20.8. The van der Waals surface area contributed by atoms with E-state index in [1.165, 1.54) is 11.1 Å². The summed E-state index contributed by atoms with van der Waals surface area (Å²) in [6.45, 7) is 8.94. The van der Waals surface area contributed by atoms with Crippen molar-refractivity contribution in [1.29, 1.82) is 0 Å². The molecule has 0 radical (unpaired) electrons. The van der Waals surface area contributed by atoms with E-state index >= 15 is 0 Å². The summed E-state index contributed by atoms with van der Waals surface area (Å²) >= 11 is 0. The molecule has 11 aromatic carbocycles. The van der Waals surface area contributed by atoms with Crippen molar-refractivity contribution in [3.63, 3.8) is 0 Å². The van der Waals surface area contributed by atoms with E-state index in [0.29, 0.717) is 11.8 Å². The van der Waals surface area contributed by atoms with Gasteiger partial charge in [-0.25, -0.2) is 0 Å². The molecule has 4 aromatic heterocycles. The van der Waals surface area contributed by atoms with Crippen LogP contribution in [0, 0.1) is 0 Å². The maximum atomic E-state index is 7.07. The molecule has 15 rings (SSSR count). The van der Waals surface area contributed by atoms with Gasteiger partial charge in [0.25, 0.3) is 0 Å². The summed E-state index contributed by atoms with van der Waals surface area (Å²) < 4.78 is 26.4. The Kier molecular flexibility index (Phi) is 9.24. The molecule has 0 amide bonds. The average molecular weight is 957 g/mol. The SMILES string of the molecule is CC(C)c1ccc(N(c2ccc3c(ccc4c5ccc6oc7c8ccc(N(c9ccc(C(C)C)cc9)c9ccc%10oc%11ccccc%11c%10c9)cc8ccc7c6c5oc34)c2)c2ccc3oc4ccccc4c3c2)cc1. The smallest absolute Gasteiger partial charge is 0.147 e. The molecule has 4 heterocycles. The first kappa shape index (κ1) is 42.4. The van der Waals surface area contributed by atoms with Gasteiger partial charge in [-0.3, -0.25) is 0 Å². The van der Waals surface area contributed by atoms with Crippen LogP contribution in [-0.4, -0.2) is 0 Å². The average Bonchev–Trinajstić information content (AvgIpc) is 4.22. The number of hydrogen-bond donors (Lipinski definition) is 0. The number of fused-ring (bicyclic) bond motifs is 17. The maximum absolute atomic E-state index is 7.07. The van der Waals surface area contributed by atoms with Gasteiger partial charge in [0, 0.05) is 82.6 Å². The second kappa shape index (κ2) is 16.1. The van der Waals surface area contributed by atoms with Crippen LogP contribution in [0.25, 0.3) is 109 Å². The fourth-order valence-electron chi connectivity index (χ4n) is 11.5. The van der Waals surface area contributed by atoms with Crippen molar-refractivity contribution < 1.29 is 17.7 Å². The van der Waals surface area contributed by atoms with Gasteiger partial charge in [-0.05, 0) is 167 Å². The molecule has 74 heavy (non-hydrogen) atoms. The van der Waals surface area contributed by atoms with Crippen LogP contribution in [0.1, 0.15) is 50.7 Å². The highest BCUT2D eigenvalue weighted by atomic mass is 16.3. The number of furan rings is 4. The highest BCUT2D eigenvalue weighted by molar-refractivity contribution is 6.27. The molecular weight excluding hydrogens is 909 g/mol. The first-order valence-electron chi connectivity index (χ1n) is 25.6. The third-order valence-electron chi connectivity index (χ3n) is 15.4. The van der Waals surface area contributed by atoms with E-state index in [1.807, 2.05) is 24.3 Å². The molecule has 0 N–H and O–H groups in total. The molecule has 0 saturated heterocycles. The zero-order valence-corrected chi connectivity index (χ0v) is 41.3. The quantitative estimate of drug-likeness (QED) is 0.151. The lowest BCUT2D eigenvalue weighted by Gasteiger charge is -2.26. The molecule has 0 aliphatic rings. The van der Waals surface area contributed by atoms with E-state index in [1.54, 1.807) is 0 Å². The summed E-state index contributed by atoms with van der Waals surface area (Å²) in [5.41, 5.74) is 15.8. The Morgan fingerprint density at radius 1 is 0.270 bits per heavy atom. The van der Waals surface area contributed by atoms with Crippen molar-refractivity contribution in [2.45, 2.75) is 39.5 Å². The molecule has 6 heteroatoms. The largest absolute Gasteiger partial charge is 0.456 e. The topological polar surface area (TPSA) is 59.0 Å². The zero-order chi connectivity index (χ0) is 49.3. The molecule has 0 aliphatic heterocycles. The van der Waals surface area contributed by atoms with Gasteiger partial charge in [0.15, 0.2) is 0 Å². The van der Waals surface area contributed by atoms with Gasteiger partial charge in [0.05, 0.1) is 5.39 Å². The third kappa shape index (κ3) is 6.51. The van der Waals surface area contributed by atoms with Crippen LogP contribution in [0.15, 0.2) is 224 Å². The molecular formula is C68H48N2O4. The monoisotopic (exact) mass is 956 g/mol. The minimum atomic E-state index is 0.430. The van der Waals surface area contributed by atoms with Crippen molar-refractivity contribution in [2.24, 2.45) is 0 Å². The summed E-state index contributed by atoms with van der Waals surface area (Å²) in [7, 11) is 0. The minimum absolute atomic E-state index is 0.430. The summed E-state index contributed by atoms with van der Waals surface area (Å²) in [6.07, 6.45) is 0. The van der Waals surface area contributed by atoms with Crippen LogP contribution in [0.4, 0.5) is 34.1 Å². The normalized spacial score (nSPS) is 12.3. The fourth-order valence-corrected chi connectivity index (χ4v) is 11.5. The van der Waals surface area contributed by atoms with Crippen molar-refractivity contribution >= 4 is 143 Å². The van der Waals surface area contributed by atoms with Gasteiger partial charge >= 0.3 is 0 Å². The minimum Gasteiger partial charge on any atom is -0.456 e. The number of para-hydroxylation sites is 2. The highest BCUT2D eigenvalue weighted by Gasteiger charge is 2.23. The molecule has 0 fully saturated rings. The van der Waals surface area contributed by atoms with Gasteiger partial charge in [0.1, 0.15) is 44.7 Å². The first-order valence-corrected chi connectivity index (χ1v) is 25.6. The van der Waals surface area contributed by atoms with E-state index in [9.17, 15) is 0 Å². The Hall–Kier alpha value is -9.26. The fraction of sp³-hybridized carbons (Fsp3) is 0.0882. The van der Waals surface area contributed by atoms with Crippen LogP contribution in [0.3, 0.4) is 0 Å². The molecule has 0 bridgehead atoms. The van der Waals surface area contributed by atoms with Crippen molar-refractivity contribution in [3.8, 4) is 0 Å². The molecule has 0 atom stereocenters. The van der Waals surface area contributed by atoms with Crippen molar-refractivity contribution in [3.05, 3.63) is 217 Å². The molecule has 0 spiro atoms. The van der Waals surface area contributed by atoms with Gasteiger partial charge in [-0.15, -0.1) is 0 Å². The van der Waals surface area contributed by atoms with E-state index in [4.69, 9.17) is 17.7 Å². The lowest BCUT2D eigenvalue weighted by molar-refractivity contribution is 0.666. The summed E-state index contributed by atoms with van der Waals surface area (Å²) in [6, 6.07) is 73.8. The number of anilines is 6. The number of hydrogen-bond acceptors (Lipinski definition) is 6. The maximum Gasteiger partial charge on any atom is 0.147 e. The van der Waals surface area contributed by atoms with Gasteiger partial charge in [0.2, 0.25) is 0 Å². The Balaban J connectivity index is 0.844. The number of rotatable bonds is 8. The predicted molar refractivity (Wildman–Crippen MR) is 308 cm³/mol. The lowest BCUT2D eigenvalue weighted by Crippen LogP contribution is -2.10. The van der Waals surface area contributed by atoms with Crippen LogP contribution in [0.2, 0.25) is 0 Å². The standard InChI is InChI=1S/C68H48N2O4/c1-39(2)41-13-19-45(20-14-41)69(49-25-32-62-58(37-49)53-9-5-7-11-60(53)71-62)47-23-29-51-43(35-47)17-27-55-56-31-34-64-65(68(56)74-66(51)55)57-28-18-44-36-48(24-30-52(44)67(57)73-64)70(46-21-15-42(16-22-46)40(3)4)50-26-33-63-59(38-50)54-10-6-8-12-61(54)72-63/h5-40H,1-4H3. The Labute approximate surface area is 425 Å². The zero-order valence-electron chi connectivity index (χ0n) is 41.3.